The predicted octanol–water partition coefficient (Wildman–Crippen LogP) is 3.13. The SMILES string of the molecule is CNCC1(CN2CC(C)CC(C)C2C)CCCC1. The molecule has 0 radical (unpaired) electrons. The van der Waals surface area contributed by atoms with Gasteiger partial charge < -0.3 is 5.32 Å². The number of piperidine rings is 1. The average Bonchev–Trinajstić information content (AvgIpc) is 2.74. The van der Waals surface area contributed by atoms with Crippen LogP contribution < -0.4 is 5.32 Å². The molecule has 0 amide bonds. The van der Waals surface area contributed by atoms with E-state index >= 15 is 0 Å². The molecule has 3 unspecified atom stereocenters. The summed E-state index contributed by atoms with van der Waals surface area (Å²) in [5.74, 6) is 1.74. The first-order chi connectivity index (χ1) is 8.56. The van der Waals surface area contributed by atoms with Crippen LogP contribution in [0, 0.1) is 17.3 Å². The summed E-state index contributed by atoms with van der Waals surface area (Å²) in [6.07, 6.45) is 7.15. The number of hydrogen-bond acceptors (Lipinski definition) is 2. The van der Waals surface area contributed by atoms with Gasteiger partial charge in [-0.2, -0.15) is 0 Å². The van der Waals surface area contributed by atoms with Gasteiger partial charge in [0.25, 0.3) is 0 Å². The molecule has 2 fully saturated rings. The van der Waals surface area contributed by atoms with E-state index in [1.807, 2.05) is 0 Å². The van der Waals surface area contributed by atoms with E-state index in [9.17, 15) is 0 Å². The summed E-state index contributed by atoms with van der Waals surface area (Å²) in [6.45, 7) is 11.2. The molecule has 0 spiro atoms. The maximum Gasteiger partial charge on any atom is 0.00930 e. The van der Waals surface area contributed by atoms with Crippen LogP contribution in [0.1, 0.15) is 52.9 Å². The van der Waals surface area contributed by atoms with E-state index in [1.165, 1.54) is 51.7 Å². The summed E-state index contributed by atoms with van der Waals surface area (Å²) >= 11 is 0. The summed E-state index contributed by atoms with van der Waals surface area (Å²) < 4.78 is 0. The second-order valence-electron chi connectivity index (χ2n) is 7.23. The molecule has 3 atom stereocenters. The summed E-state index contributed by atoms with van der Waals surface area (Å²) in [6, 6.07) is 0.774. The molecular weight excluding hydrogens is 220 g/mol. The lowest BCUT2D eigenvalue weighted by atomic mass is 9.81. The van der Waals surface area contributed by atoms with Gasteiger partial charge in [0.2, 0.25) is 0 Å². The van der Waals surface area contributed by atoms with E-state index in [-0.39, 0.29) is 0 Å². The molecule has 0 aromatic heterocycles. The van der Waals surface area contributed by atoms with Crippen LogP contribution in [-0.2, 0) is 0 Å². The Morgan fingerprint density at radius 2 is 1.83 bits per heavy atom. The van der Waals surface area contributed by atoms with Gasteiger partial charge in [-0.15, -0.1) is 0 Å². The molecular formula is C16H32N2. The molecule has 18 heavy (non-hydrogen) atoms. The Morgan fingerprint density at radius 1 is 1.17 bits per heavy atom. The van der Waals surface area contributed by atoms with Gasteiger partial charge in [-0.1, -0.05) is 26.7 Å². The molecule has 1 aliphatic carbocycles. The molecule has 1 heterocycles. The fraction of sp³-hybridized carbons (Fsp3) is 1.00. The molecule has 1 N–H and O–H groups in total. The summed E-state index contributed by atoms with van der Waals surface area (Å²) in [5, 5.41) is 3.45. The van der Waals surface area contributed by atoms with E-state index in [2.05, 4.69) is 38.0 Å². The second kappa shape index (κ2) is 5.92. The van der Waals surface area contributed by atoms with Crippen molar-refractivity contribution < 1.29 is 0 Å². The Kier molecular flexibility index (Phi) is 4.71. The fourth-order valence-electron chi connectivity index (χ4n) is 4.36. The number of nitrogens with one attached hydrogen (secondary N) is 1. The number of rotatable bonds is 4. The maximum atomic E-state index is 3.45. The minimum absolute atomic E-state index is 0.569. The van der Waals surface area contributed by atoms with Crippen molar-refractivity contribution in [1.82, 2.24) is 10.2 Å². The highest BCUT2D eigenvalue weighted by Crippen LogP contribution is 2.40. The first-order valence-corrected chi connectivity index (χ1v) is 7.95. The van der Waals surface area contributed by atoms with Gasteiger partial charge in [0.05, 0.1) is 0 Å². The van der Waals surface area contributed by atoms with E-state index in [4.69, 9.17) is 0 Å². The predicted molar refractivity (Wildman–Crippen MR) is 78.8 cm³/mol. The van der Waals surface area contributed by atoms with Crippen LogP contribution in [0.2, 0.25) is 0 Å². The lowest BCUT2D eigenvalue weighted by Gasteiger charge is -2.45. The van der Waals surface area contributed by atoms with E-state index in [0.717, 1.165) is 17.9 Å². The molecule has 2 rings (SSSR count). The molecule has 2 heteroatoms. The Hall–Kier alpha value is -0.0800. The molecule has 2 aliphatic rings. The monoisotopic (exact) mass is 252 g/mol. The van der Waals surface area contributed by atoms with Crippen LogP contribution >= 0.6 is 0 Å². The smallest absolute Gasteiger partial charge is 0.00930 e. The van der Waals surface area contributed by atoms with Crippen molar-refractivity contribution in [1.29, 1.82) is 0 Å². The minimum Gasteiger partial charge on any atom is -0.319 e. The van der Waals surface area contributed by atoms with Crippen LogP contribution in [0.5, 0.6) is 0 Å². The quantitative estimate of drug-likeness (QED) is 0.827. The van der Waals surface area contributed by atoms with E-state index in [1.54, 1.807) is 0 Å². The minimum atomic E-state index is 0.569. The van der Waals surface area contributed by atoms with Gasteiger partial charge in [-0.3, -0.25) is 4.90 Å². The zero-order valence-electron chi connectivity index (χ0n) is 12.8. The number of hydrogen-bond donors (Lipinski definition) is 1. The van der Waals surface area contributed by atoms with Crippen LogP contribution in [0.25, 0.3) is 0 Å². The summed E-state index contributed by atoms with van der Waals surface area (Å²) in [5.41, 5.74) is 0.569. The van der Waals surface area contributed by atoms with Crippen molar-refractivity contribution in [3.63, 3.8) is 0 Å². The average molecular weight is 252 g/mol. The molecule has 1 aliphatic heterocycles. The van der Waals surface area contributed by atoms with Crippen LogP contribution in [0.3, 0.4) is 0 Å². The van der Waals surface area contributed by atoms with Crippen LogP contribution in [0.4, 0.5) is 0 Å². The zero-order valence-corrected chi connectivity index (χ0v) is 12.8. The normalized spacial score (nSPS) is 37.0. The van der Waals surface area contributed by atoms with E-state index < -0.39 is 0 Å². The van der Waals surface area contributed by atoms with Crippen molar-refractivity contribution in [2.75, 3.05) is 26.7 Å². The standard InChI is InChI=1S/C16H32N2/c1-13-9-14(2)15(3)18(10-13)12-16(11-17-4)7-5-6-8-16/h13-15,17H,5-12H2,1-4H3. The highest BCUT2D eigenvalue weighted by molar-refractivity contribution is 4.92. The first kappa shape index (κ1) is 14.3. The van der Waals surface area contributed by atoms with Gasteiger partial charge in [0.15, 0.2) is 0 Å². The Balaban J connectivity index is 2.01. The van der Waals surface area contributed by atoms with E-state index in [0.29, 0.717) is 5.41 Å². The third kappa shape index (κ3) is 3.08. The Labute approximate surface area is 114 Å². The van der Waals surface area contributed by atoms with Gasteiger partial charge >= 0.3 is 0 Å². The third-order valence-corrected chi connectivity index (χ3v) is 5.47. The van der Waals surface area contributed by atoms with Crippen LogP contribution in [-0.4, -0.2) is 37.6 Å². The van der Waals surface area contributed by atoms with Crippen molar-refractivity contribution in [2.45, 2.75) is 58.9 Å². The highest BCUT2D eigenvalue weighted by atomic mass is 15.2. The lowest BCUT2D eigenvalue weighted by Crippen LogP contribution is -2.51. The summed E-state index contributed by atoms with van der Waals surface area (Å²) in [4.78, 5) is 2.79. The Bertz CT molecular complexity index is 258. The summed E-state index contributed by atoms with van der Waals surface area (Å²) in [7, 11) is 2.12. The van der Waals surface area contributed by atoms with Gasteiger partial charge in [0, 0.05) is 25.7 Å². The molecule has 106 valence electrons. The molecule has 1 saturated heterocycles. The van der Waals surface area contributed by atoms with Gasteiger partial charge in [0.1, 0.15) is 0 Å². The molecule has 0 bridgehead atoms. The maximum absolute atomic E-state index is 3.45. The van der Waals surface area contributed by atoms with Gasteiger partial charge in [-0.05, 0) is 50.5 Å². The van der Waals surface area contributed by atoms with Crippen LogP contribution in [0.15, 0.2) is 0 Å². The first-order valence-electron chi connectivity index (χ1n) is 7.95. The zero-order chi connectivity index (χ0) is 13.2. The van der Waals surface area contributed by atoms with Crippen molar-refractivity contribution in [3.05, 3.63) is 0 Å². The number of nitrogens with zero attached hydrogens (tertiary/aromatic N) is 1. The Morgan fingerprint density at radius 3 is 2.44 bits per heavy atom. The van der Waals surface area contributed by atoms with Crippen molar-refractivity contribution >= 4 is 0 Å². The largest absolute Gasteiger partial charge is 0.319 e. The van der Waals surface area contributed by atoms with Gasteiger partial charge in [-0.25, -0.2) is 0 Å². The highest BCUT2D eigenvalue weighted by Gasteiger charge is 2.38. The molecule has 1 saturated carbocycles. The van der Waals surface area contributed by atoms with Crippen molar-refractivity contribution in [3.8, 4) is 0 Å². The fourth-order valence-corrected chi connectivity index (χ4v) is 4.36. The molecule has 2 nitrogen and oxygen atoms in total. The molecule has 0 aromatic carbocycles. The lowest BCUT2D eigenvalue weighted by molar-refractivity contribution is 0.0377. The number of likely N-dealkylation sites (tertiary alicyclic amines) is 1. The topological polar surface area (TPSA) is 15.3 Å². The second-order valence-corrected chi connectivity index (χ2v) is 7.23. The van der Waals surface area contributed by atoms with Crippen molar-refractivity contribution in [2.24, 2.45) is 17.3 Å². The third-order valence-electron chi connectivity index (χ3n) is 5.47. The molecule has 0 aromatic rings.